The van der Waals surface area contributed by atoms with Crippen LogP contribution in [0.4, 0.5) is 0 Å². The molecule has 2 rings (SSSR count). The van der Waals surface area contributed by atoms with Gasteiger partial charge in [0.2, 0.25) is 0 Å². The summed E-state index contributed by atoms with van der Waals surface area (Å²) >= 11 is 5.83. The first-order valence-electron chi connectivity index (χ1n) is 5.50. The molecule has 2 aromatic rings. The molecule has 6 nitrogen and oxygen atoms in total. The van der Waals surface area contributed by atoms with Crippen molar-refractivity contribution in [1.29, 1.82) is 0 Å². The van der Waals surface area contributed by atoms with Crippen LogP contribution in [-0.2, 0) is 0 Å². The summed E-state index contributed by atoms with van der Waals surface area (Å²) in [7, 11) is 0. The molecule has 94 valence electrons. The van der Waals surface area contributed by atoms with Crippen LogP contribution in [0.1, 0.15) is 35.6 Å². The highest BCUT2D eigenvalue weighted by Crippen LogP contribution is 2.19. The SMILES string of the molecule is CCC(NC(=O)c1nn[nH]n1)c1ccc(Cl)cc1. The number of carbonyl (C=O) groups excluding carboxylic acids is 1. The molecule has 0 aliphatic carbocycles. The molecule has 0 bridgehead atoms. The van der Waals surface area contributed by atoms with E-state index in [1.807, 2.05) is 19.1 Å². The second-order valence-electron chi connectivity index (χ2n) is 3.72. The molecule has 1 aromatic carbocycles. The zero-order chi connectivity index (χ0) is 13.0. The van der Waals surface area contributed by atoms with E-state index in [9.17, 15) is 4.79 Å². The van der Waals surface area contributed by atoms with E-state index in [0.717, 1.165) is 12.0 Å². The summed E-state index contributed by atoms with van der Waals surface area (Å²) in [6.07, 6.45) is 0.755. The summed E-state index contributed by atoms with van der Waals surface area (Å²) in [5.41, 5.74) is 0.985. The van der Waals surface area contributed by atoms with Crippen molar-refractivity contribution in [3.8, 4) is 0 Å². The number of carbonyl (C=O) groups is 1. The van der Waals surface area contributed by atoms with Gasteiger partial charge in [-0.2, -0.15) is 5.21 Å². The molecule has 0 aliphatic rings. The summed E-state index contributed by atoms with van der Waals surface area (Å²) in [4.78, 5) is 11.8. The van der Waals surface area contributed by atoms with Crippen molar-refractivity contribution in [2.45, 2.75) is 19.4 Å². The van der Waals surface area contributed by atoms with E-state index in [0.29, 0.717) is 5.02 Å². The number of nitrogens with one attached hydrogen (secondary N) is 2. The fraction of sp³-hybridized carbons (Fsp3) is 0.273. The Bertz CT molecular complexity index is 511. The van der Waals surface area contributed by atoms with Gasteiger partial charge in [-0.3, -0.25) is 4.79 Å². The Morgan fingerprint density at radius 3 is 2.72 bits per heavy atom. The Balaban J connectivity index is 2.10. The number of amides is 1. The van der Waals surface area contributed by atoms with Crippen molar-refractivity contribution in [3.05, 3.63) is 40.7 Å². The van der Waals surface area contributed by atoms with Crippen LogP contribution < -0.4 is 5.32 Å². The van der Waals surface area contributed by atoms with Crippen molar-refractivity contribution in [2.75, 3.05) is 0 Å². The van der Waals surface area contributed by atoms with Gasteiger partial charge in [-0.05, 0) is 29.3 Å². The highest BCUT2D eigenvalue weighted by molar-refractivity contribution is 6.30. The van der Waals surface area contributed by atoms with Gasteiger partial charge < -0.3 is 5.32 Å². The largest absolute Gasteiger partial charge is 0.342 e. The zero-order valence-electron chi connectivity index (χ0n) is 9.72. The van der Waals surface area contributed by atoms with E-state index in [2.05, 4.69) is 25.9 Å². The Morgan fingerprint density at radius 2 is 2.17 bits per heavy atom. The van der Waals surface area contributed by atoms with Gasteiger partial charge in [0, 0.05) is 5.02 Å². The second kappa shape index (κ2) is 5.59. The molecule has 18 heavy (non-hydrogen) atoms. The number of halogens is 1. The maximum absolute atomic E-state index is 11.8. The fourth-order valence-corrected chi connectivity index (χ4v) is 1.72. The number of aromatic nitrogens is 4. The number of hydrogen-bond acceptors (Lipinski definition) is 4. The molecule has 1 heterocycles. The molecule has 1 unspecified atom stereocenters. The van der Waals surface area contributed by atoms with Crippen LogP contribution in [0.3, 0.4) is 0 Å². The normalized spacial score (nSPS) is 12.1. The predicted molar refractivity (Wildman–Crippen MR) is 66.1 cm³/mol. The quantitative estimate of drug-likeness (QED) is 0.882. The minimum atomic E-state index is -0.356. The van der Waals surface area contributed by atoms with Gasteiger partial charge in [0.1, 0.15) is 0 Å². The lowest BCUT2D eigenvalue weighted by molar-refractivity contribution is 0.0925. The second-order valence-corrected chi connectivity index (χ2v) is 4.16. The average molecular weight is 266 g/mol. The predicted octanol–water partition coefficient (Wildman–Crippen LogP) is 1.73. The van der Waals surface area contributed by atoms with Gasteiger partial charge in [0.25, 0.3) is 11.7 Å². The average Bonchev–Trinajstić information content (AvgIpc) is 2.91. The molecule has 0 aliphatic heterocycles. The smallest absolute Gasteiger partial charge is 0.293 e. The monoisotopic (exact) mass is 265 g/mol. The lowest BCUT2D eigenvalue weighted by atomic mass is 10.0. The fourth-order valence-electron chi connectivity index (χ4n) is 1.60. The van der Waals surface area contributed by atoms with E-state index < -0.39 is 0 Å². The minimum absolute atomic E-state index is 0.0300. The Morgan fingerprint density at radius 1 is 1.44 bits per heavy atom. The molecule has 1 aromatic heterocycles. The van der Waals surface area contributed by atoms with E-state index in [1.165, 1.54) is 0 Å². The number of tetrazole rings is 1. The standard InChI is InChI=1S/C11H12ClN5O/c1-2-9(7-3-5-8(12)6-4-7)13-11(18)10-14-16-17-15-10/h3-6,9H,2H2,1H3,(H,13,18)(H,14,15,16,17). The van der Waals surface area contributed by atoms with Crippen LogP contribution in [0.2, 0.25) is 5.02 Å². The minimum Gasteiger partial charge on any atom is -0.342 e. The third-order valence-corrected chi connectivity index (χ3v) is 2.79. The summed E-state index contributed by atoms with van der Waals surface area (Å²) in [6.45, 7) is 1.98. The number of rotatable bonds is 4. The van der Waals surface area contributed by atoms with Crippen molar-refractivity contribution in [2.24, 2.45) is 0 Å². The summed E-state index contributed by atoms with van der Waals surface area (Å²) in [5, 5.41) is 16.4. The molecule has 0 spiro atoms. The Hall–Kier alpha value is -1.95. The van der Waals surface area contributed by atoms with E-state index >= 15 is 0 Å². The lowest BCUT2D eigenvalue weighted by Crippen LogP contribution is -2.29. The van der Waals surface area contributed by atoms with Crippen molar-refractivity contribution < 1.29 is 4.79 Å². The molecular formula is C11H12ClN5O. The van der Waals surface area contributed by atoms with Crippen LogP contribution >= 0.6 is 11.6 Å². The molecule has 0 radical (unpaired) electrons. The first kappa shape index (κ1) is 12.5. The van der Waals surface area contributed by atoms with Crippen LogP contribution in [0.15, 0.2) is 24.3 Å². The van der Waals surface area contributed by atoms with Crippen LogP contribution in [0.25, 0.3) is 0 Å². The number of hydrogen-bond donors (Lipinski definition) is 2. The van der Waals surface area contributed by atoms with Gasteiger partial charge in [-0.15, -0.1) is 10.2 Å². The number of H-pyrrole nitrogens is 1. The lowest BCUT2D eigenvalue weighted by Gasteiger charge is -2.16. The van der Waals surface area contributed by atoms with Gasteiger partial charge in [0.05, 0.1) is 6.04 Å². The molecule has 1 atom stereocenters. The summed E-state index contributed by atoms with van der Waals surface area (Å²) < 4.78 is 0. The summed E-state index contributed by atoms with van der Waals surface area (Å²) in [6, 6.07) is 7.24. The molecule has 0 saturated heterocycles. The topological polar surface area (TPSA) is 83.6 Å². The van der Waals surface area contributed by atoms with Crippen LogP contribution in [0.5, 0.6) is 0 Å². The van der Waals surface area contributed by atoms with E-state index in [4.69, 9.17) is 11.6 Å². The first-order valence-corrected chi connectivity index (χ1v) is 5.88. The molecule has 7 heteroatoms. The van der Waals surface area contributed by atoms with Crippen molar-refractivity contribution in [3.63, 3.8) is 0 Å². The molecular weight excluding hydrogens is 254 g/mol. The molecule has 2 N–H and O–H groups in total. The highest BCUT2D eigenvalue weighted by Gasteiger charge is 2.16. The van der Waals surface area contributed by atoms with Gasteiger partial charge in [-0.25, -0.2) is 0 Å². The van der Waals surface area contributed by atoms with Gasteiger partial charge in [0.15, 0.2) is 0 Å². The third-order valence-electron chi connectivity index (χ3n) is 2.53. The summed E-state index contributed by atoms with van der Waals surface area (Å²) in [5.74, 6) is -0.326. The van der Waals surface area contributed by atoms with Crippen LogP contribution in [0, 0.1) is 0 Å². The van der Waals surface area contributed by atoms with Crippen LogP contribution in [-0.4, -0.2) is 26.5 Å². The number of benzene rings is 1. The third kappa shape index (κ3) is 2.84. The first-order chi connectivity index (χ1) is 8.70. The molecule has 1 amide bonds. The maximum Gasteiger partial charge on any atom is 0.293 e. The maximum atomic E-state index is 11.8. The van der Waals surface area contributed by atoms with Crippen molar-refractivity contribution >= 4 is 17.5 Å². The van der Waals surface area contributed by atoms with E-state index in [-0.39, 0.29) is 17.8 Å². The highest BCUT2D eigenvalue weighted by atomic mass is 35.5. The number of nitrogens with zero attached hydrogens (tertiary/aromatic N) is 3. The molecule has 0 saturated carbocycles. The van der Waals surface area contributed by atoms with Gasteiger partial charge >= 0.3 is 0 Å². The van der Waals surface area contributed by atoms with E-state index in [1.54, 1.807) is 12.1 Å². The zero-order valence-corrected chi connectivity index (χ0v) is 10.5. The number of aromatic amines is 1. The molecule has 0 fully saturated rings. The Kier molecular flexibility index (Phi) is 3.88. The van der Waals surface area contributed by atoms with Crippen molar-refractivity contribution in [1.82, 2.24) is 25.9 Å². The van der Waals surface area contributed by atoms with Gasteiger partial charge in [-0.1, -0.05) is 30.7 Å². The Labute approximate surface area is 109 Å².